The molecular formula is C23H23F9N4O8. The number of rotatable bonds is 14. The van der Waals surface area contributed by atoms with Gasteiger partial charge in [0.05, 0.1) is 13.0 Å². The van der Waals surface area contributed by atoms with Crippen LogP contribution in [0.2, 0.25) is 0 Å². The van der Waals surface area contributed by atoms with Crippen LogP contribution in [0.3, 0.4) is 0 Å². The van der Waals surface area contributed by atoms with E-state index in [0.717, 1.165) is 10.6 Å². The standard InChI is InChI=1S/C23H23F9N4O8/c1-10(18(41)35-12(7-15(39)40)13(37)9-44-11-5-3-2-4-6-11)34-19(42)16(17(21(24,25)26)22(27,28)29)36-14(38)8-33-20(43)23(30,31)32/h2-6,10,12,16-17H,7-9H2,1H3,(H,33,43)(H,34,42)(H,35,41)(H,36,38)(H,39,40). The second-order valence-electron chi connectivity index (χ2n) is 8.74. The summed E-state index contributed by atoms with van der Waals surface area (Å²) < 4.78 is 122. The van der Waals surface area contributed by atoms with Crippen LogP contribution in [-0.2, 0) is 28.8 Å². The van der Waals surface area contributed by atoms with E-state index < -0.39 is 97.5 Å². The van der Waals surface area contributed by atoms with E-state index in [2.05, 4.69) is 0 Å². The minimum atomic E-state index is -6.29. The molecule has 0 radical (unpaired) electrons. The molecular weight excluding hydrogens is 631 g/mol. The van der Waals surface area contributed by atoms with Crippen molar-refractivity contribution in [1.29, 1.82) is 0 Å². The Labute approximate surface area is 240 Å². The van der Waals surface area contributed by atoms with Gasteiger partial charge in [0, 0.05) is 0 Å². The molecule has 0 aliphatic heterocycles. The summed E-state index contributed by atoms with van der Waals surface area (Å²) in [4.78, 5) is 71.4. The van der Waals surface area contributed by atoms with Crippen LogP contribution in [0.15, 0.2) is 30.3 Å². The number of amides is 4. The predicted octanol–water partition coefficient (Wildman–Crippen LogP) is 1.00. The monoisotopic (exact) mass is 654 g/mol. The van der Waals surface area contributed by atoms with E-state index in [9.17, 15) is 68.3 Å². The van der Waals surface area contributed by atoms with E-state index in [1.165, 1.54) is 29.6 Å². The number of ketones is 1. The normalized spacial score (nSPS) is 14.1. The number of hydrogen-bond acceptors (Lipinski definition) is 7. The van der Waals surface area contributed by atoms with Crippen molar-refractivity contribution in [2.75, 3.05) is 13.2 Å². The minimum absolute atomic E-state index is 0.164. The Morgan fingerprint density at radius 3 is 1.84 bits per heavy atom. The number of para-hydroxylation sites is 1. The highest BCUT2D eigenvalue weighted by atomic mass is 19.4. The predicted molar refractivity (Wildman–Crippen MR) is 125 cm³/mol. The molecule has 1 aromatic rings. The van der Waals surface area contributed by atoms with Crippen molar-refractivity contribution in [3.05, 3.63) is 30.3 Å². The number of benzene rings is 1. The van der Waals surface area contributed by atoms with Gasteiger partial charge in [-0.1, -0.05) is 18.2 Å². The number of carboxylic acids is 1. The molecule has 21 heteroatoms. The van der Waals surface area contributed by atoms with Gasteiger partial charge in [0.1, 0.15) is 30.5 Å². The highest BCUT2D eigenvalue weighted by Crippen LogP contribution is 2.41. The van der Waals surface area contributed by atoms with Crippen LogP contribution in [0, 0.1) is 5.92 Å². The van der Waals surface area contributed by atoms with Crippen LogP contribution in [0.5, 0.6) is 5.75 Å². The second kappa shape index (κ2) is 15.2. The topological polar surface area (TPSA) is 180 Å². The zero-order valence-corrected chi connectivity index (χ0v) is 22.0. The van der Waals surface area contributed by atoms with Gasteiger partial charge >= 0.3 is 30.4 Å². The van der Waals surface area contributed by atoms with Crippen LogP contribution < -0.4 is 26.0 Å². The van der Waals surface area contributed by atoms with E-state index >= 15 is 0 Å². The first-order valence-corrected chi connectivity index (χ1v) is 11.8. The van der Waals surface area contributed by atoms with E-state index in [4.69, 9.17) is 9.84 Å². The van der Waals surface area contributed by atoms with Crippen molar-refractivity contribution in [1.82, 2.24) is 21.3 Å². The molecule has 0 saturated heterocycles. The molecule has 0 fully saturated rings. The minimum Gasteiger partial charge on any atom is -0.486 e. The van der Waals surface area contributed by atoms with Crippen molar-refractivity contribution in [2.24, 2.45) is 5.92 Å². The lowest BCUT2D eigenvalue weighted by atomic mass is 9.96. The van der Waals surface area contributed by atoms with Crippen molar-refractivity contribution >= 4 is 35.4 Å². The number of carboxylic acid groups (broad SMARTS) is 1. The Hall–Kier alpha value is -4.59. The van der Waals surface area contributed by atoms with Gasteiger partial charge in [-0.2, -0.15) is 39.5 Å². The van der Waals surface area contributed by atoms with Crippen LogP contribution in [0.25, 0.3) is 0 Å². The zero-order chi connectivity index (χ0) is 34.0. The third-order valence-electron chi connectivity index (χ3n) is 5.26. The van der Waals surface area contributed by atoms with Crippen LogP contribution in [0.4, 0.5) is 39.5 Å². The molecule has 0 aromatic heterocycles. The maximum absolute atomic E-state index is 13.4. The summed E-state index contributed by atoms with van der Waals surface area (Å²) in [5.41, 5.74) is 0. The van der Waals surface area contributed by atoms with Gasteiger partial charge in [-0.15, -0.1) is 0 Å². The van der Waals surface area contributed by atoms with Crippen LogP contribution in [-0.4, -0.2) is 90.3 Å². The molecule has 0 aliphatic rings. The molecule has 0 spiro atoms. The number of Topliss-reactive ketones (excluding diaryl/α,β-unsaturated/α-hetero) is 1. The van der Waals surface area contributed by atoms with Gasteiger partial charge in [0.25, 0.3) is 0 Å². The van der Waals surface area contributed by atoms with E-state index in [1.54, 1.807) is 6.07 Å². The number of hydrogen-bond donors (Lipinski definition) is 5. The number of halogens is 9. The lowest BCUT2D eigenvalue weighted by molar-refractivity contribution is -0.289. The molecule has 3 atom stereocenters. The fraction of sp³-hybridized carbons (Fsp3) is 0.478. The molecule has 44 heavy (non-hydrogen) atoms. The molecule has 0 aliphatic carbocycles. The first kappa shape index (κ1) is 37.4. The average Bonchev–Trinajstić information content (AvgIpc) is 2.87. The molecule has 246 valence electrons. The van der Waals surface area contributed by atoms with Crippen molar-refractivity contribution in [2.45, 2.75) is 50.0 Å². The van der Waals surface area contributed by atoms with Gasteiger partial charge in [0.15, 0.2) is 11.7 Å². The third-order valence-corrected chi connectivity index (χ3v) is 5.26. The summed E-state index contributed by atoms with van der Waals surface area (Å²) in [5, 5.41) is 14.2. The van der Waals surface area contributed by atoms with Crippen molar-refractivity contribution in [3.63, 3.8) is 0 Å². The number of ether oxygens (including phenoxy) is 1. The Kier molecular flexibility index (Phi) is 13.0. The number of carbonyl (C=O) groups excluding carboxylic acids is 5. The van der Waals surface area contributed by atoms with Crippen LogP contribution >= 0.6 is 0 Å². The SMILES string of the molecule is CC(NC(=O)C(NC(=O)CNC(=O)C(F)(F)F)C(C(F)(F)F)C(F)(F)F)C(=O)NC(CC(=O)O)C(=O)COc1ccccc1. The lowest BCUT2D eigenvalue weighted by Gasteiger charge is -2.31. The zero-order valence-electron chi connectivity index (χ0n) is 22.0. The maximum atomic E-state index is 13.4. The average molecular weight is 654 g/mol. The van der Waals surface area contributed by atoms with Crippen molar-refractivity contribution < 1.29 is 78.1 Å². The molecule has 12 nitrogen and oxygen atoms in total. The van der Waals surface area contributed by atoms with Crippen molar-refractivity contribution in [3.8, 4) is 5.75 Å². The van der Waals surface area contributed by atoms with Gasteiger partial charge in [-0.25, -0.2) is 0 Å². The fourth-order valence-corrected chi connectivity index (χ4v) is 3.21. The first-order valence-electron chi connectivity index (χ1n) is 11.8. The second-order valence-corrected chi connectivity index (χ2v) is 8.74. The Balaban J connectivity index is 3.12. The molecule has 4 amide bonds. The van der Waals surface area contributed by atoms with Gasteiger partial charge < -0.3 is 31.1 Å². The Morgan fingerprint density at radius 2 is 1.36 bits per heavy atom. The Morgan fingerprint density at radius 1 is 0.818 bits per heavy atom. The van der Waals surface area contributed by atoms with E-state index in [0.29, 0.717) is 6.92 Å². The van der Waals surface area contributed by atoms with Gasteiger partial charge in [-0.05, 0) is 19.1 Å². The van der Waals surface area contributed by atoms with E-state index in [1.807, 2.05) is 5.32 Å². The maximum Gasteiger partial charge on any atom is 0.471 e. The number of aliphatic carboxylic acids is 1. The number of carbonyl (C=O) groups is 6. The molecule has 0 heterocycles. The van der Waals surface area contributed by atoms with E-state index in [-0.39, 0.29) is 5.75 Å². The highest BCUT2D eigenvalue weighted by Gasteiger charge is 2.62. The quantitative estimate of drug-likeness (QED) is 0.184. The molecule has 1 rings (SSSR count). The molecule has 1 aromatic carbocycles. The highest BCUT2D eigenvalue weighted by molar-refractivity contribution is 5.96. The third kappa shape index (κ3) is 12.3. The summed E-state index contributed by atoms with van der Waals surface area (Å²) in [7, 11) is 0. The molecule has 0 saturated carbocycles. The molecule has 0 bridgehead atoms. The number of nitrogens with one attached hydrogen (secondary N) is 4. The fourth-order valence-electron chi connectivity index (χ4n) is 3.21. The summed E-state index contributed by atoms with van der Waals surface area (Å²) in [6.45, 7) is -1.89. The van der Waals surface area contributed by atoms with Gasteiger partial charge in [0.2, 0.25) is 17.7 Å². The molecule has 5 N–H and O–H groups in total. The summed E-state index contributed by atoms with van der Waals surface area (Å²) in [6.07, 6.45) is -19.2. The Bertz CT molecular complexity index is 1190. The first-order chi connectivity index (χ1) is 20.0. The number of alkyl halides is 9. The smallest absolute Gasteiger partial charge is 0.471 e. The summed E-state index contributed by atoms with van der Waals surface area (Å²) >= 11 is 0. The lowest BCUT2D eigenvalue weighted by Crippen LogP contribution is -2.62. The van der Waals surface area contributed by atoms with Crippen LogP contribution in [0.1, 0.15) is 13.3 Å². The molecule has 3 unspecified atom stereocenters. The summed E-state index contributed by atoms with van der Waals surface area (Å²) in [6, 6.07) is -0.0632. The summed E-state index contributed by atoms with van der Waals surface area (Å²) in [5.74, 6) is -15.8. The van der Waals surface area contributed by atoms with Gasteiger partial charge in [-0.3, -0.25) is 28.8 Å². The largest absolute Gasteiger partial charge is 0.486 e.